The zero-order valence-electron chi connectivity index (χ0n) is 46.3. The van der Waals surface area contributed by atoms with Gasteiger partial charge in [-0.2, -0.15) is 0 Å². The second-order valence-electron chi connectivity index (χ2n) is 21.0. The average molecular weight is 971 g/mol. The van der Waals surface area contributed by atoms with Gasteiger partial charge in [-0.05, 0) is 64.2 Å². The van der Waals surface area contributed by atoms with Crippen molar-refractivity contribution in [3.63, 3.8) is 0 Å². The molecule has 2 unspecified atom stereocenters. The zero-order chi connectivity index (χ0) is 50.0. The third-order valence-corrected chi connectivity index (χ3v) is 14.2. The van der Waals surface area contributed by atoms with Crippen molar-refractivity contribution < 1.29 is 24.5 Å². The van der Waals surface area contributed by atoms with Crippen molar-refractivity contribution in [1.82, 2.24) is 5.32 Å². The van der Waals surface area contributed by atoms with Crippen LogP contribution < -0.4 is 5.32 Å². The predicted molar refractivity (Wildman–Crippen MR) is 301 cm³/mol. The Bertz CT molecular complexity index is 1120. The zero-order valence-corrected chi connectivity index (χ0v) is 46.3. The number of esters is 1. The summed E-state index contributed by atoms with van der Waals surface area (Å²) in [6.45, 7) is 4.87. The molecular formula is C63H119NO5. The van der Waals surface area contributed by atoms with Crippen molar-refractivity contribution >= 4 is 11.9 Å². The van der Waals surface area contributed by atoms with E-state index >= 15 is 0 Å². The van der Waals surface area contributed by atoms with E-state index in [2.05, 4.69) is 43.5 Å². The van der Waals surface area contributed by atoms with E-state index in [0.29, 0.717) is 19.4 Å². The Morgan fingerprint density at radius 3 is 1.13 bits per heavy atom. The fourth-order valence-electron chi connectivity index (χ4n) is 9.43. The SMILES string of the molecule is CCCCC/C=C\C/C=C\CCCCCCCC(=O)OCCCCCCCCCCCCCCCCCC(=O)NC(CO)C(O)/C=C/CCCCCCCCCCCCCCCCCCCCCC. The third kappa shape index (κ3) is 55.2. The lowest BCUT2D eigenvalue weighted by Gasteiger charge is -2.20. The van der Waals surface area contributed by atoms with E-state index in [9.17, 15) is 19.8 Å². The quantitative estimate of drug-likeness (QED) is 0.0321. The summed E-state index contributed by atoms with van der Waals surface area (Å²) in [5.74, 6) is -0.0886. The molecule has 0 aliphatic heterocycles. The molecule has 0 saturated heterocycles. The highest BCUT2D eigenvalue weighted by Gasteiger charge is 2.18. The van der Waals surface area contributed by atoms with E-state index in [1.165, 1.54) is 238 Å². The highest BCUT2D eigenvalue weighted by molar-refractivity contribution is 5.76. The standard InChI is InChI=1S/C63H119NO5/c1-3-5-7-9-11-13-15-17-19-20-21-22-23-24-25-28-31-35-39-43-47-51-55-61(66)60(59-65)64-62(67)56-52-48-44-40-36-32-29-26-30-34-38-42-46-50-54-58-69-63(68)57-53-49-45-41-37-33-27-18-16-14-12-10-8-6-4-2/h12,14,18,27,51,55,60-61,65-66H,3-11,13,15-17,19-26,28-50,52-54,56-59H2,1-2H3,(H,64,67)/b14-12-,27-18-,55-51+. The van der Waals surface area contributed by atoms with Crippen LogP contribution >= 0.6 is 0 Å². The van der Waals surface area contributed by atoms with Gasteiger partial charge >= 0.3 is 5.97 Å². The molecule has 0 fully saturated rings. The van der Waals surface area contributed by atoms with E-state index in [1.54, 1.807) is 6.08 Å². The molecule has 6 heteroatoms. The minimum atomic E-state index is -0.852. The van der Waals surface area contributed by atoms with Crippen LogP contribution in [0.25, 0.3) is 0 Å². The summed E-state index contributed by atoms with van der Waals surface area (Å²) in [5.41, 5.74) is 0. The maximum absolute atomic E-state index is 12.5. The normalized spacial score (nSPS) is 12.8. The molecule has 0 spiro atoms. The number of nitrogens with one attached hydrogen (secondary N) is 1. The van der Waals surface area contributed by atoms with Gasteiger partial charge < -0.3 is 20.3 Å². The molecule has 0 aliphatic rings. The van der Waals surface area contributed by atoms with Gasteiger partial charge in [-0.25, -0.2) is 0 Å². The van der Waals surface area contributed by atoms with Crippen LogP contribution in [-0.4, -0.2) is 47.4 Å². The molecule has 69 heavy (non-hydrogen) atoms. The molecule has 0 radical (unpaired) electrons. The molecule has 0 bridgehead atoms. The molecule has 406 valence electrons. The van der Waals surface area contributed by atoms with Gasteiger partial charge in [0.25, 0.3) is 0 Å². The first-order valence-corrected chi connectivity index (χ1v) is 30.8. The van der Waals surface area contributed by atoms with Crippen LogP contribution in [-0.2, 0) is 14.3 Å². The summed E-state index contributed by atoms with van der Waals surface area (Å²) in [4.78, 5) is 24.6. The van der Waals surface area contributed by atoms with Gasteiger partial charge in [-0.1, -0.05) is 288 Å². The van der Waals surface area contributed by atoms with Crippen LogP contribution in [0.3, 0.4) is 0 Å². The van der Waals surface area contributed by atoms with Gasteiger partial charge in [0, 0.05) is 12.8 Å². The van der Waals surface area contributed by atoms with Gasteiger partial charge in [0.1, 0.15) is 0 Å². The first-order chi connectivity index (χ1) is 34.0. The molecule has 3 N–H and O–H groups in total. The van der Waals surface area contributed by atoms with Crippen molar-refractivity contribution in [2.24, 2.45) is 0 Å². The topological polar surface area (TPSA) is 95.9 Å². The van der Waals surface area contributed by atoms with Crippen molar-refractivity contribution in [2.45, 2.75) is 341 Å². The van der Waals surface area contributed by atoms with Gasteiger partial charge in [-0.15, -0.1) is 0 Å². The van der Waals surface area contributed by atoms with E-state index in [-0.39, 0.29) is 18.5 Å². The maximum atomic E-state index is 12.5. The summed E-state index contributed by atoms with van der Waals surface area (Å²) in [6.07, 6.45) is 73.1. The van der Waals surface area contributed by atoms with E-state index < -0.39 is 12.1 Å². The predicted octanol–water partition coefficient (Wildman–Crippen LogP) is 19.2. The van der Waals surface area contributed by atoms with Crippen molar-refractivity contribution in [3.8, 4) is 0 Å². The Labute approximate surface area is 430 Å². The number of carbonyl (C=O) groups excluding carboxylic acids is 2. The number of aliphatic hydroxyl groups is 2. The Morgan fingerprint density at radius 1 is 0.406 bits per heavy atom. The smallest absolute Gasteiger partial charge is 0.305 e. The second-order valence-corrected chi connectivity index (χ2v) is 21.0. The van der Waals surface area contributed by atoms with Gasteiger partial charge in [-0.3, -0.25) is 9.59 Å². The molecule has 1 amide bonds. The molecule has 6 nitrogen and oxygen atoms in total. The van der Waals surface area contributed by atoms with Crippen LogP contribution in [0.4, 0.5) is 0 Å². The number of unbranched alkanes of at least 4 members (excludes halogenated alkanes) is 42. The molecular weight excluding hydrogens is 851 g/mol. The molecule has 0 aromatic carbocycles. The Hall–Kier alpha value is -1.92. The summed E-state index contributed by atoms with van der Waals surface area (Å²) in [7, 11) is 0. The number of amides is 1. The molecule has 0 aromatic rings. The Balaban J connectivity index is 3.47. The Kier molecular flexibility index (Phi) is 57.0. The number of carbonyl (C=O) groups is 2. The number of rotatable bonds is 57. The second kappa shape index (κ2) is 58.6. The van der Waals surface area contributed by atoms with Gasteiger partial charge in [0.15, 0.2) is 0 Å². The monoisotopic (exact) mass is 970 g/mol. The lowest BCUT2D eigenvalue weighted by molar-refractivity contribution is -0.143. The highest BCUT2D eigenvalue weighted by atomic mass is 16.5. The number of allylic oxidation sites excluding steroid dienone is 5. The first-order valence-electron chi connectivity index (χ1n) is 30.8. The maximum Gasteiger partial charge on any atom is 0.305 e. The first kappa shape index (κ1) is 67.1. The number of hydrogen-bond acceptors (Lipinski definition) is 5. The molecule has 0 saturated carbocycles. The van der Waals surface area contributed by atoms with Crippen LogP contribution in [0, 0.1) is 0 Å². The molecule has 2 atom stereocenters. The van der Waals surface area contributed by atoms with Crippen molar-refractivity contribution in [2.75, 3.05) is 13.2 Å². The van der Waals surface area contributed by atoms with Crippen LogP contribution in [0.5, 0.6) is 0 Å². The van der Waals surface area contributed by atoms with E-state index in [1.807, 2.05) is 6.08 Å². The number of aliphatic hydroxyl groups excluding tert-OH is 2. The van der Waals surface area contributed by atoms with Crippen LogP contribution in [0.1, 0.15) is 328 Å². The summed E-state index contributed by atoms with van der Waals surface area (Å²) >= 11 is 0. The lowest BCUT2D eigenvalue weighted by atomic mass is 10.0. The summed E-state index contributed by atoms with van der Waals surface area (Å²) in [5, 5.41) is 23.2. The fourth-order valence-corrected chi connectivity index (χ4v) is 9.43. The van der Waals surface area contributed by atoms with Crippen LogP contribution in [0.15, 0.2) is 36.5 Å². The molecule has 0 aliphatic carbocycles. The molecule has 0 heterocycles. The summed E-state index contributed by atoms with van der Waals surface area (Å²) in [6, 6.07) is -0.636. The van der Waals surface area contributed by atoms with Crippen molar-refractivity contribution in [1.29, 1.82) is 0 Å². The van der Waals surface area contributed by atoms with E-state index in [4.69, 9.17) is 4.74 Å². The lowest BCUT2D eigenvalue weighted by Crippen LogP contribution is -2.45. The minimum absolute atomic E-state index is 0.0141. The Morgan fingerprint density at radius 2 is 0.725 bits per heavy atom. The van der Waals surface area contributed by atoms with Crippen LogP contribution in [0.2, 0.25) is 0 Å². The number of ether oxygens (including phenoxy) is 1. The minimum Gasteiger partial charge on any atom is -0.466 e. The molecule has 0 aromatic heterocycles. The largest absolute Gasteiger partial charge is 0.466 e. The van der Waals surface area contributed by atoms with Gasteiger partial charge in [0.05, 0.1) is 25.4 Å². The van der Waals surface area contributed by atoms with Crippen molar-refractivity contribution in [3.05, 3.63) is 36.5 Å². The van der Waals surface area contributed by atoms with Gasteiger partial charge in [0.2, 0.25) is 5.91 Å². The third-order valence-electron chi connectivity index (χ3n) is 14.2. The number of hydrogen-bond donors (Lipinski definition) is 3. The highest BCUT2D eigenvalue weighted by Crippen LogP contribution is 2.17. The average Bonchev–Trinajstić information content (AvgIpc) is 3.35. The van der Waals surface area contributed by atoms with E-state index in [0.717, 1.165) is 64.2 Å². The fraction of sp³-hybridized carbons (Fsp3) is 0.873. The summed E-state index contributed by atoms with van der Waals surface area (Å²) < 4.78 is 5.47. The molecule has 0 rings (SSSR count).